The van der Waals surface area contributed by atoms with Crippen LogP contribution in [0.4, 0.5) is 0 Å². The SMILES string of the molecule is CCCCCCCCCCCCC(=O)O[C@H](COC(=O)CCCCCCCCC)COP(=O)(O)OC[C@H](O)COP(=O)(O)OC[C@@H](COC(=O)CCCCCCCCCCCCCCCC(C)C)OC(=O)CCCCCCCCCCCCCCCCCCC(C)C. The molecule has 0 heterocycles. The van der Waals surface area contributed by atoms with Crippen molar-refractivity contribution in [3.63, 3.8) is 0 Å². The van der Waals surface area contributed by atoms with E-state index < -0.39 is 97.5 Å². The lowest BCUT2D eigenvalue weighted by Crippen LogP contribution is -2.30. The molecule has 0 aliphatic carbocycles. The lowest BCUT2D eigenvalue weighted by molar-refractivity contribution is -0.161. The maximum absolute atomic E-state index is 13.1. The summed E-state index contributed by atoms with van der Waals surface area (Å²) < 4.78 is 68.3. The van der Waals surface area contributed by atoms with Crippen LogP contribution in [0.25, 0.3) is 0 Å². The highest BCUT2D eigenvalue weighted by atomic mass is 31.2. The van der Waals surface area contributed by atoms with Crippen LogP contribution in [0.15, 0.2) is 0 Å². The Morgan fingerprint density at radius 3 is 0.739 bits per heavy atom. The molecular formula is C73H142O17P2. The Hall–Kier alpha value is -1.94. The van der Waals surface area contributed by atoms with Crippen LogP contribution in [0.2, 0.25) is 0 Å². The van der Waals surface area contributed by atoms with E-state index in [0.717, 1.165) is 115 Å². The van der Waals surface area contributed by atoms with Crippen LogP contribution in [0.1, 0.15) is 375 Å². The topological polar surface area (TPSA) is 237 Å². The van der Waals surface area contributed by atoms with E-state index >= 15 is 0 Å². The molecule has 0 saturated heterocycles. The van der Waals surface area contributed by atoms with Crippen molar-refractivity contribution in [2.24, 2.45) is 11.8 Å². The zero-order valence-electron chi connectivity index (χ0n) is 59.9. The molecular weight excluding hydrogens is 1210 g/mol. The first kappa shape index (κ1) is 90.1. The fraction of sp³-hybridized carbons (Fsp3) is 0.945. The predicted octanol–water partition coefficient (Wildman–Crippen LogP) is 21.2. The maximum atomic E-state index is 13.1. The van der Waals surface area contributed by atoms with Gasteiger partial charge in [-0.3, -0.25) is 37.3 Å². The van der Waals surface area contributed by atoms with Crippen LogP contribution in [-0.2, 0) is 65.4 Å². The van der Waals surface area contributed by atoms with Crippen molar-refractivity contribution in [1.82, 2.24) is 0 Å². The lowest BCUT2D eigenvalue weighted by atomic mass is 10.0. The Morgan fingerprint density at radius 2 is 0.500 bits per heavy atom. The molecule has 17 nitrogen and oxygen atoms in total. The summed E-state index contributed by atoms with van der Waals surface area (Å²) in [6.07, 6.45) is 51.5. The second-order valence-electron chi connectivity index (χ2n) is 27.3. The molecule has 0 fully saturated rings. The number of phosphoric acid groups is 2. The number of aliphatic hydroxyl groups excluding tert-OH is 1. The van der Waals surface area contributed by atoms with Gasteiger partial charge in [0, 0.05) is 25.7 Å². The molecule has 0 aliphatic rings. The first-order chi connectivity index (χ1) is 44.4. The van der Waals surface area contributed by atoms with Gasteiger partial charge in [-0.05, 0) is 37.5 Å². The van der Waals surface area contributed by atoms with E-state index in [1.54, 1.807) is 0 Å². The Balaban J connectivity index is 5.18. The second-order valence-corrected chi connectivity index (χ2v) is 30.2. The van der Waals surface area contributed by atoms with Crippen LogP contribution in [0.3, 0.4) is 0 Å². The summed E-state index contributed by atoms with van der Waals surface area (Å²) in [6.45, 7) is 9.57. The van der Waals surface area contributed by atoms with Gasteiger partial charge in [0.1, 0.15) is 19.3 Å². The Labute approximate surface area is 562 Å². The van der Waals surface area contributed by atoms with E-state index in [2.05, 4.69) is 41.5 Å². The lowest BCUT2D eigenvalue weighted by Gasteiger charge is -2.21. The molecule has 0 amide bonds. The van der Waals surface area contributed by atoms with Gasteiger partial charge >= 0.3 is 39.5 Å². The number of rotatable bonds is 72. The molecule has 19 heteroatoms. The maximum Gasteiger partial charge on any atom is 0.472 e. The zero-order valence-corrected chi connectivity index (χ0v) is 61.6. The average Bonchev–Trinajstić information content (AvgIpc) is 2.15. The van der Waals surface area contributed by atoms with Crippen molar-refractivity contribution in [2.45, 2.75) is 394 Å². The normalized spacial score (nSPS) is 14.1. The Bertz CT molecular complexity index is 1790. The Morgan fingerprint density at radius 1 is 0.293 bits per heavy atom. The van der Waals surface area contributed by atoms with Gasteiger partial charge in [-0.2, -0.15) is 0 Å². The van der Waals surface area contributed by atoms with Crippen molar-refractivity contribution in [2.75, 3.05) is 39.6 Å². The number of carbonyl (C=O) groups is 4. The average molecular weight is 1350 g/mol. The van der Waals surface area contributed by atoms with Gasteiger partial charge in [0.2, 0.25) is 0 Å². The number of esters is 4. The van der Waals surface area contributed by atoms with Crippen LogP contribution in [0.5, 0.6) is 0 Å². The van der Waals surface area contributed by atoms with E-state index in [1.807, 2.05) is 0 Å². The smallest absolute Gasteiger partial charge is 0.462 e. The summed E-state index contributed by atoms with van der Waals surface area (Å²) in [7, 11) is -9.90. The summed E-state index contributed by atoms with van der Waals surface area (Å²) in [5, 5.41) is 10.6. The minimum atomic E-state index is -4.95. The van der Waals surface area contributed by atoms with Crippen molar-refractivity contribution in [3.05, 3.63) is 0 Å². The van der Waals surface area contributed by atoms with Gasteiger partial charge in [-0.15, -0.1) is 0 Å². The van der Waals surface area contributed by atoms with Gasteiger partial charge < -0.3 is 33.8 Å². The van der Waals surface area contributed by atoms with Crippen LogP contribution < -0.4 is 0 Å². The minimum absolute atomic E-state index is 0.106. The van der Waals surface area contributed by atoms with Gasteiger partial charge in [0.25, 0.3) is 0 Å². The molecule has 0 aromatic heterocycles. The van der Waals surface area contributed by atoms with E-state index in [4.69, 9.17) is 37.0 Å². The fourth-order valence-electron chi connectivity index (χ4n) is 11.1. The van der Waals surface area contributed by atoms with Crippen LogP contribution in [-0.4, -0.2) is 96.7 Å². The zero-order chi connectivity index (χ0) is 67.9. The summed E-state index contributed by atoms with van der Waals surface area (Å²) >= 11 is 0. The van der Waals surface area contributed by atoms with Crippen molar-refractivity contribution >= 4 is 39.5 Å². The molecule has 0 spiro atoms. The fourth-order valence-corrected chi connectivity index (χ4v) is 12.7. The van der Waals surface area contributed by atoms with Crippen molar-refractivity contribution < 1.29 is 80.2 Å². The molecule has 0 saturated carbocycles. The van der Waals surface area contributed by atoms with Crippen LogP contribution in [0, 0.1) is 11.8 Å². The number of carbonyl (C=O) groups excluding carboxylic acids is 4. The molecule has 0 radical (unpaired) electrons. The highest BCUT2D eigenvalue weighted by Crippen LogP contribution is 2.45. The van der Waals surface area contributed by atoms with Gasteiger partial charge in [-0.25, -0.2) is 9.13 Å². The number of phosphoric ester groups is 2. The molecule has 546 valence electrons. The monoisotopic (exact) mass is 1350 g/mol. The highest BCUT2D eigenvalue weighted by molar-refractivity contribution is 7.47. The molecule has 0 aliphatic heterocycles. The molecule has 0 bridgehead atoms. The van der Waals surface area contributed by atoms with E-state index in [0.29, 0.717) is 25.7 Å². The van der Waals surface area contributed by atoms with E-state index in [1.165, 1.54) is 180 Å². The number of hydrogen-bond donors (Lipinski definition) is 3. The summed E-state index contributed by atoms with van der Waals surface area (Å²) in [5.74, 6) is -0.524. The molecule has 0 aromatic rings. The highest BCUT2D eigenvalue weighted by Gasteiger charge is 2.30. The van der Waals surface area contributed by atoms with Crippen molar-refractivity contribution in [1.29, 1.82) is 0 Å². The number of ether oxygens (including phenoxy) is 4. The third kappa shape index (κ3) is 66.7. The third-order valence-corrected chi connectivity index (χ3v) is 18.9. The summed E-state index contributed by atoms with van der Waals surface area (Å²) in [5.41, 5.74) is 0. The molecule has 0 rings (SSSR count). The molecule has 5 atom stereocenters. The van der Waals surface area contributed by atoms with Gasteiger partial charge in [0.05, 0.1) is 26.4 Å². The van der Waals surface area contributed by atoms with Crippen LogP contribution >= 0.6 is 15.6 Å². The molecule has 2 unspecified atom stereocenters. The Kier molecular flexibility index (Phi) is 63.7. The molecule has 3 N–H and O–H groups in total. The number of aliphatic hydroxyl groups is 1. The third-order valence-electron chi connectivity index (χ3n) is 17.0. The quantitative estimate of drug-likeness (QED) is 0.0222. The summed E-state index contributed by atoms with van der Waals surface area (Å²) in [4.78, 5) is 72.5. The largest absolute Gasteiger partial charge is 0.472 e. The molecule has 92 heavy (non-hydrogen) atoms. The predicted molar refractivity (Wildman–Crippen MR) is 372 cm³/mol. The standard InChI is InChI=1S/C73H142O17P2/c1-7-9-11-13-15-16-32-39-45-51-57-72(77)89-68(61-83-70(75)55-49-43-35-14-12-10-8-2)63-87-91(79,80)85-59-67(74)60-86-92(81,82)88-64-69(62-84-71(76)56-50-44-38-33-28-25-21-23-27-31-37-42-48-54-66(5)6)90-73(78)58-52-46-40-34-29-24-20-18-17-19-22-26-30-36-41-47-53-65(3)4/h65-69,74H,7-64H2,1-6H3,(H,79,80)(H,81,82)/t67-,68+,69+/m0/s1. The second kappa shape index (κ2) is 65.0. The summed E-state index contributed by atoms with van der Waals surface area (Å²) in [6, 6.07) is 0. The van der Waals surface area contributed by atoms with E-state index in [-0.39, 0.29) is 25.7 Å². The van der Waals surface area contributed by atoms with Gasteiger partial charge in [0.15, 0.2) is 12.2 Å². The number of unbranched alkanes of at least 4 members (excludes halogenated alkanes) is 42. The minimum Gasteiger partial charge on any atom is -0.462 e. The number of hydrogen-bond acceptors (Lipinski definition) is 15. The first-order valence-electron chi connectivity index (χ1n) is 38.0. The first-order valence-corrected chi connectivity index (χ1v) is 41.0. The molecule has 0 aromatic carbocycles. The van der Waals surface area contributed by atoms with E-state index in [9.17, 15) is 43.2 Å². The van der Waals surface area contributed by atoms with Crippen molar-refractivity contribution in [3.8, 4) is 0 Å². The van der Waals surface area contributed by atoms with Gasteiger partial charge in [-0.1, -0.05) is 324 Å².